The molecule has 0 spiro atoms. The first-order valence-electron chi connectivity index (χ1n) is 9.21. The van der Waals surface area contributed by atoms with Gasteiger partial charge in [0.15, 0.2) is 16.6 Å². The number of rotatable bonds is 3. The molecular formula is C21H18N4O3S. The van der Waals surface area contributed by atoms with Crippen molar-refractivity contribution in [1.82, 2.24) is 14.5 Å². The van der Waals surface area contributed by atoms with Crippen LogP contribution in [0.15, 0.2) is 42.7 Å². The van der Waals surface area contributed by atoms with Crippen LogP contribution in [-0.2, 0) is 0 Å². The number of pyridine rings is 1. The largest absolute Gasteiger partial charge is 0.486 e. The third-order valence-electron chi connectivity index (χ3n) is 4.85. The molecule has 5 rings (SSSR count). The summed E-state index contributed by atoms with van der Waals surface area (Å²) in [6.45, 7) is 4.96. The molecular weight excluding hydrogens is 388 g/mol. The Morgan fingerprint density at radius 3 is 2.72 bits per heavy atom. The maximum atomic E-state index is 12.9. The van der Waals surface area contributed by atoms with Crippen molar-refractivity contribution in [2.75, 3.05) is 18.5 Å². The van der Waals surface area contributed by atoms with Crippen LogP contribution in [0.4, 0.5) is 5.13 Å². The number of benzene rings is 1. The van der Waals surface area contributed by atoms with Gasteiger partial charge in [0.25, 0.3) is 5.91 Å². The minimum atomic E-state index is -0.190. The van der Waals surface area contributed by atoms with Gasteiger partial charge in [0.1, 0.15) is 13.2 Å². The van der Waals surface area contributed by atoms with Crippen LogP contribution in [0.5, 0.6) is 11.5 Å². The minimum absolute atomic E-state index is 0.190. The van der Waals surface area contributed by atoms with Gasteiger partial charge in [-0.2, -0.15) is 0 Å². The Balaban J connectivity index is 1.45. The molecule has 0 saturated carbocycles. The van der Waals surface area contributed by atoms with Crippen molar-refractivity contribution in [3.05, 3.63) is 59.7 Å². The lowest BCUT2D eigenvalue weighted by molar-refractivity contribution is 0.102. The van der Waals surface area contributed by atoms with Crippen molar-refractivity contribution in [2.45, 2.75) is 13.8 Å². The van der Waals surface area contributed by atoms with E-state index in [-0.39, 0.29) is 5.91 Å². The van der Waals surface area contributed by atoms with E-state index in [1.165, 1.54) is 11.3 Å². The van der Waals surface area contributed by atoms with Crippen molar-refractivity contribution in [1.29, 1.82) is 0 Å². The average molecular weight is 406 g/mol. The molecule has 4 heterocycles. The van der Waals surface area contributed by atoms with Gasteiger partial charge in [-0.3, -0.25) is 15.1 Å². The lowest BCUT2D eigenvalue weighted by Gasteiger charge is -2.17. The van der Waals surface area contributed by atoms with Crippen LogP contribution in [0.3, 0.4) is 0 Å². The van der Waals surface area contributed by atoms with Gasteiger partial charge in [-0.15, -0.1) is 0 Å². The maximum Gasteiger partial charge on any atom is 0.259 e. The van der Waals surface area contributed by atoms with Crippen LogP contribution < -0.4 is 14.8 Å². The highest BCUT2D eigenvalue weighted by Crippen LogP contribution is 2.38. The quantitative estimate of drug-likeness (QED) is 0.554. The van der Waals surface area contributed by atoms with Crippen LogP contribution in [0, 0.1) is 13.8 Å². The molecule has 0 unspecified atom stereocenters. The number of aromatic nitrogens is 3. The van der Waals surface area contributed by atoms with Gasteiger partial charge in [0, 0.05) is 29.7 Å². The van der Waals surface area contributed by atoms with E-state index in [1.54, 1.807) is 12.4 Å². The Morgan fingerprint density at radius 2 is 1.97 bits per heavy atom. The van der Waals surface area contributed by atoms with Gasteiger partial charge in [-0.1, -0.05) is 11.3 Å². The summed E-state index contributed by atoms with van der Waals surface area (Å²) in [4.78, 5) is 21.7. The number of nitrogens with one attached hydrogen (secondary N) is 1. The van der Waals surface area contributed by atoms with Crippen molar-refractivity contribution in [2.24, 2.45) is 0 Å². The van der Waals surface area contributed by atoms with Crippen LogP contribution in [0.1, 0.15) is 21.7 Å². The Labute approximate surface area is 170 Å². The van der Waals surface area contributed by atoms with E-state index in [1.807, 2.05) is 48.7 Å². The van der Waals surface area contributed by atoms with Crippen molar-refractivity contribution >= 4 is 32.6 Å². The van der Waals surface area contributed by atoms with E-state index >= 15 is 0 Å². The number of fused-ring (bicyclic) bond motifs is 2. The Kier molecular flexibility index (Phi) is 4.21. The number of thiazole rings is 1. The van der Waals surface area contributed by atoms with Crippen LogP contribution in [-0.4, -0.2) is 33.7 Å². The number of ether oxygens (including phenoxy) is 2. The zero-order valence-corrected chi connectivity index (χ0v) is 16.7. The third-order valence-corrected chi connectivity index (χ3v) is 5.79. The fourth-order valence-corrected chi connectivity index (χ4v) is 4.43. The molecule has 0 fully saturated rings. The Morgan fingerprint density at radius 1 is 1.17 bits per heavy atom. The molecule has 0 bridgehead atoms. The second-order valence-corrected chi connectivity index (χ2v) is 7.80. The second kappa shape index (κ2) is 6.89. The summed E-state index contributed by atoms with van der Waals surface area (Å²) in [7, 11) is 0. The molecule has 146 valence electrons. The number of hydrogen-bond acceptors (Lipinski definition) is 6. The molecule has 8 heteroatoms. The van der Waals surface area contributed by atoms with Gasteiger partial charge in [0.2, 0.25) is 0 Å². The summed E-state index contributed by atoms with van der Waals surface area (Å²) in [5, 5.41) is 3.47. The normalized spacial score (nSPS) is 12.9. The fourth-order valence-electron chi connectivity index (χ4n) is 3.56. The molecule has 0 radical (unpaired) electrons. The third kappa shape index (κ3) is 3.11. The van der Waals surface area contributed by atoms with Crippen molar-refractivity contribution in [3.8, 4) is 17.2 Å². The van der Waals surface area contributed by atoms with Crippen LogP contribution in [0.2, 0.25) is 0 Å². The zero-order valence-electron chi connectivity index (χ0n) is 15.9. The number of aryl methyl sites for hydroxylation is 1. The first kappa shape index (κ1) is 17.7. The molecule has 1 N–H and O–H groups in total. The predicted octanol–water partition coefficient (Wildman–Crippen LogP) is 4.12. The van der Waals surface area contributed by atoms with Gasteiger partial charge in [0.05, 0.1) is 27.7 Å². The van der Waals surface area contributed by atoms with E-state index in [9.17, 15) is 4.79 Å². The van der Waals surface area contributed by atoms with Gasteiger partial charge >= 0.3 is 0 Å². The number of carbonyl (C=O) groups excluding carboxylic acids is 1. The number of amides is 1. The summed E-state index contributed by atoms with van der Waals surface area (Å²) < 4.78 is 14.2. The molecule has 4 aromatic rings. The molecule has 0 atom stereocenters. The predicted molar refractivity (Wildman–Crippen MR) is 112 cm³/mol. The lowest BCUT2D eigenvalue weighted by atomic mass is 10.2. The van der Waals surface area contributed by atoms with Gasteiger partial charge in [-0.25, -0.2) is 4.98 Å². The minimum Gasteiger partial charge on any atom is -0.486 e. The Bertz CT molecular complexity index is 1190. The molecule has 0 saturated heterocycles. The molecule has 1 aromatic carbocycles. The van der Waals surface area contributed by atoms with E-state index in [4.69, 9.17) is 9.47 Å². The van der Waals surface area contributed by atoms with Gasteiger partial charge in [-0.05, 0) is 32.0 Å². The first-order chi connectivity index (χ1) is 14.1. The first-order valence-corrected chi connectivity index (χ1v) is 10.0. The highest BCUT2D eigenvalue weighted by molar-refractivity contribution is 7.22. The number of hydrogen-bond donors (Lipinski definition) is 1. The fraction of sp³-hybridized carbons (Fsp3) is 0.190. The van der Waals surface area contributed by atoms with E-state index < -0.39 is 0 Å². The van der Waals surface area contributed by atoms with E-state index in [0.717, 1.165) is 27.3 Å². The SMILES string of the molecule is Cc1cc(C(=O)Nc2nc3cc4c(cc3s2)OCCO4)c(C)n1-c1cccnc1. The molecule has 1 amide bonds. The summed E-state index contributed by atoms with van der Waals surface area (Å²) in [5.74, 6) is 1.21. The molecule has 0 aliphatic carbocycles. The van der Waals surface area contributed by atoms with Crippen molar-refractivity contribution in [3.63, 3.8) is 0 Å². The standard InChI is InChI=1S/C21H18N4O3S/c1-12-8-15(13(2)25(12)14-4-3-5-22-11-14)20(26)24-21-23-16-9-17-18(10-19(16)29-21)28-7-6-27-17/h3-5,8-11H,6-7H2,1-2H3,(H,23,24,26). The summed E-state index contributed by atoms with van der Waals surface area (Å²) in [6, 6.07) is 9.48. The van der Waals surface area contributed by atoms with Gasteiger partial charge < -0.3 is 14.0 Å². The molecule has 1 aliphatic rings. The van der Waals surface area contributed by atoms with Crippen LogP contribution >= 0.6 is 11.3 Å². The smallest absolute Gasteiger partial charge is 0.259 e. The summed E-state index contributed by atoms with van der Waals surface area (Å²) in [5.41, 5.74) is 4.12. The average Bonchev–Trinajstić information content (AvgIpc) is 3.25. The molecule has 3 aromatic heterocycles. The topological polar surface area (TPSA) is 78.3 Å². The number of anilines is 1. The van der Waals surface area contributed by atoms with E-state index in [2.05, 4.69) is 15.3 Å². The number of nitrogens with zero attached hydrogens (tertiary/aromatic N) is 3. The monoisotopic (exact) mass is 406 g/mol. The maximum absolute atomic E-state index is 12.9. The molecule has 1 aliphatic heterocycles. The zero-order chi connectivity index (χ0) is 20.0. The highest BCUT2D eigenvalue weighted by atomic mass is 32.1. The number of carbonyl (C=O) groups is 1. The second-order valence-electron chi connectivity index (χ2n) is 6.77. The lowest BCUT2D eigenvalue weighted by Crippen LogP contribution is -2.15. The van der Waals surface area contributed by atoms with Crippen LogP contribution in [0.25, 0.3) is 15.9 Å². The Hall–Kier alpha value is -3.39. The summed E-state index contributed by atoms with van der Waals surface area (Å²) >= 11 is 1.41. The highest BCUT2D eigenvalue weighted by Gasteiger charge is 2.19. The molecule has 7 nitrogen and oxygen atoms in total. The van der Waals surface area contributed by atoms with Crippen molar-refractivity contribution < 1.29 is 14.3 Å². The molecule has 29 heavy (non-hydrogen) atoms. The van der Waals surface area contributed by atoms with E-state index in [0.29, 0.717) is 35.4 Å². The summed E-state index contributed by atoms with van der Waals surface area (Å²) in [6.07, 6.45) is 3.51.